The fraction of sp³-hybridized carbons (Fsp3) is 0.0556. The van der Waals surface area contributed by atoms with Crippen LogP contribution < -0.4 is 10.9 Å². The standard InChI is InChI=1S/C18H12ClN3O3/c1-9-12-6-10(19)2-5-15(12)25-16(9)18(24)22-11-3-4-14-13(7-11)17(23)21-8-20-14/h2-8H,1H3,(H,22,24)(H,20,21,23). The molecule has 4 aromatic rings. The van der Waals surface area contributed by atoms with Gasteiger partial charge in [-0.15, -0.1) is 0 Å². The molecule has 2 N–H and O–H groups in total. The molecule has 25 heavy (non-hydrogen) atoms. The lowest BCUT2D eigenvalue weighted by Gasteiger charge is -2.05. The summed E-state index contributed by atoms with van der Waals surface area (Å²) in [6, 6.07) is 10.1. The Kier molecular flexibility index (Phi) is 3.54. The smallest absolute Gasteiger partial charge is 0.291 e. The number of amides is 1. The Hall–Kier alpha value is -3.12. The van der Waals surface area contributed by atoms with Gasteiger partial charge in [-0.05, 0) is 43.3 Å². The van der Waals surface area contributed by atoms with Gasteiger partial charge in [0.05, 0.1) is 17.2 Å². The minimum Gasteiger partial charge on any atom is -0.451 e. The van der Waals surface area contributed by atoms with E-state index >= 15 is 0 Å². The van der Waals surface area contributed by atoms with Crippen LogP contribution in [0.4, 0.5) is 5.69 Å². The first-order valence-corrected chi connectivity index (χ1v) is 7.88. The quantitative estimate of drug-likeness (QED) is 0.572. The first-order valence-electron chi connectivity index (χ1n) is 7.50. The van der Waals surface area contributed by atoms with Crippen molar-refractivity contribution < 1.29 is 9.21 Å². The molecule has 0 saturated carbocycles. The number of nitrogens with one attached hydrogen (secondary N) is 2. The molecule has 0 unspecified atom stereocenters. The number of furan rings is 1. The third kappa shape index (κ3) is 2.66. The van der Waals surface area contributed by atoms with Crippen molar-refractivity contribution in [2.75, 3.05) is 5.32 Å². The number of hydrogen-bond donors (Lipinski definition) is 2. The monoisotopic (exact) mass is 353 g/mol. The molecule has 0 aliphatic heterocycles. The Bertz CT molecular complexity index is 1190. The summed E-state index contributed by atoms with van der Waals surface area (Å²) in [5.74, 6) is -0.193. The molecule has 0 bridgehead atoms. The molecule has 0 atom stereocenters. The first kappa shape index (κ1) is 15.4. The van der Waals surface area contributed by atoms with Crippen LogP contribution in [0.5, 0.6) is 0 Å². The van der Waals surface area contributed by atoms with Crippen LogP contribution in [-0.4, -0.2) is 15.9 Å². The molecule has 0 spiro atoms. The first-order chi connectivity index (χ1) is 12.0. The highest BCUT2D eigenvalue weighted by Gasteiger charge is 2.18. The van der Waals surface area contributed by atoms with Gasteiger partial charge in [-0.2, -0.15) is 0 Å². The maximum Gasteiger partial charge on any atom is 0.291 e. The van der Waals surface area contributed by atoms with Crippen LogP contribution in [0.15, 0.2) is 51.9 Å². The SMILES string of the molecule is Cc1c(C(=O)Nc2ccc3nc[nH]c(=O)c3c2)oc2ccc(Cl)cc12. The van der Waals surface area contributed by atoms with E-state index in [4.69, 9.17) is 16.0 Å². The predicted octanol–water partition coefficient (Wildman–Crippen LogP) is 3.88. The van der Waals surface area contributed by atoms with Crippen molar-refractivity contribution >= 4 is 45.1 Å². The van der Waals surface area contributed by atoms with E-state index in [2.05, 4.69) is 15.3 Å². The number of aryl methyl sites for hydroxylation is 1. The molecule has 124 valence electrons. The highest BCUT2D eigenvalue weighted by molar-refractivity contribution is 6.31. The lowest BCUT2D eigenvalue weighted by molar-refractivity contribution is 0.0998. The van der Waals surface area contributed by atoms with Crippen molar-refractivity contribution in [3.63, 3.8) is 0 Å². The Balaban J connectivity index is 1.72. The topological polar surface area (TPSA) is 88.0 Å². The number of nitrogens with zero attached hydrogens (tertiary/aromatic N) is 1. The molecule has 4 rings (SSSR count). The lowest BCUT2D eigenvalue weighted by Crippen LogP contribution is -2.13. The molecule has 6 nitrogen and oxygen atoms in total. The number of carbonyl (C=O) groups is 1. The van der Waals surface area contributed by atoms with Crippen LogP contribution >= 0.6 is 11.6 Å². The van der Waals surface area contributed by atoms with Gasteiger partial charge in [0, 0.05) is 21.7 Å². The number of aromatic nitrogens is 2. The number of aromatic amines is 1. The average Bonchev–Trinajstić information content (AvgIpc) is 2.92. The average molecular weight is 354 g/mol. The van der Waals surface area contributed by atoms with Crippen LogP contribution in [0.1, 0.15) is 16.1 Å². The molecule has 2 aromatic heterocycles. The van der Waals surface area contributed by atoms with Crippen molar-refractivity contribution in [2.24, 2.45) is 0 Å². The normalized spacial score (nSPS) is 11.1. The maximum absolute atomic E-state index is 12.6. The van der Waals surface area contributed by atoms with Crippen LogP contribution in [0.2, 0.25) is 5.02 Å². The molecule has 0 fully saturated rings. The summed E-state index contributed by atoms with van der Waals surface area (Å²) in [6.45, 7) is 1.80. The molecule has 2 aromatic carbocycles. The number of halogens is 1. The zero-order chi connectivity index (χ0) is 17.6. The second-order valence-corrected chi connectivity index (χ2v) is 6.05. The summed E-state index contributed by atoms with van der Waals surface area (Å²) in [5.41, 5.74) is 2.06. The van der Waals surface area contributed by atoms with Gasteiger partial charge in [0.15, 0.2) is 5.76 Å². The van der Waals surface area contributed by atoms with E-state index in [9.17, 15) is 9.59 Å². The van der Waals surface area contributed by atoms with Gasteiger partial charge in [-0.25, -0.2) is 4.98 Å². The van der Waals surface area contributed by atoms with Crippen LogP contribution in [0.3, 0.4) is 0 Å². The van der Waals surface area contributed by atoms with Gasteiger partial charge in [-0.3, -0.25) is 9.59 Å². The second kappa shape index (κ2) is 5.75. The molecular formula is C18H12ClN3O3. The summed E-state index contributed by atoms with van der Waals surface area (Å²) in [4.78, 5) is 31.0. The molecular weight excluding hydrogens is 342 g/mol. The Morgan fingerprint density at radius 3 is 2.88 bits per heavy atom. The minimum atomic E-state index is -0.399. The second-order valence-electron chi connectivity index (χ2n) is 5.61. The number of rotatable bonds is 2. The van der Waals surface area contributed by atoms with Crippen molar-refractivity contribution in [2.45, 2.75) is 6.92 Å². The summed E-state index contributed by atoms with van der Waals surface area (Å²) in [5, 5.41) is 4.51. The number of benzene rings is 2. The lowest BCUT2D eigenvalue weighted by atomic mass is 10.1. The molecule has 0 aliphatic rings. The van der Waals surface area contributed by atoms with Crippen LogP contribution in [0.25, 0.3) is 21.9 Å². The Morgan fingerprint density at radius 2 is 2.04 bits per heavy atom. The van der Waals surface area contributed by atoms with E-state index in [1.54, 1.807) is 43.3 Å². The summed E-state index contributed by atoms with van der Waals surface area (Å²) < 4.78 is 5.65. The number of hydrogen-bond acceptors (Lipinski definition) is 4. The molecule has 0 saturated heterocycles. The largest absolute Gasteiger partial charge is 0.451 e. The van der Waals surface area contributed by atoms with Crippen LogP contribution in [-0.2, 0) is 0 Å². The zero-order valence-electron chi connectivity index (χ0n) is 13.1. The van der Waals surface area contributed by atoms with Gasteiger partial charge in [-0.1, -0.05) is 11.6 Å². The maximum atomic E-state index is 12.6. The van der Waals surface area contributed by atoms with Gasteiger partial charge < -0.3 is 14.7 Å². The van der Waals surface area contributed by atoms with E-state index in [1.807, 2.05) is 0 Å². The summed E-state index contributed by atoms with van der Waals surface area (Å²) >= 11 is 6.00. The van der Waals surface area contributed by atoms with Crippen LogP contribution in [0, 0.1) is 6.92 Å². The highest BCUT2D eigenvalue weighted by atomic mass is 35.5. The van der Waals surface area contributed by atoms with E-state index in [0.29, 0.717) is 32.8 Å². The van der Waals surface area contributed by atoms with Crippen molar-refractivity contribution in [3.8, 4) is 0 Å². The zero-order valence-corrected chi connectivity index (χ0v) is 13.8. The molecule has 0 aliphatic carbocycles. The molecule has 2 heterocycles. The van der Waals surface area contributed by atoms with E-state index < -0.39 is 5.91 Å². The summed E-state index contributed by atoms with van der Waals surface area (Å²) in [7, 11) is 0. The van der Waals surface area contributed by atoms with Crippen molar-refractivity contribution in [1.29, 1.82) is 0 Å². The third-order valence-electron chi connectivity index (χ3n) is 4.00. The Morgan fingerprint density at radius 1 is 1.20 bits per heavy atom. The fourth-order valence-electron chi connectivity index (χ4n) is 2.74. The van der Waals surface area contributed by atoms with E-state index in [-0.39, 0.29) is 11.3 Å². The predicted molar refractivity (Wildman–Crippen MR) is 96.3 cm³/mol. The molecule has 1 amide bonds. The van der Waals surface area contributed by atoms with Crippen molar-refractivity contribution in [3.05, 3.63) is 69.4 Å². The molecule has 0 radical (unpaired) electrons. The van der Waals surface area contributed by atoms with Crippen molar-refractivity contribution in [1.82, 2.24) is 9.97 Å². The van der Waals surface area contributed by atoms with E-state index in [0.717, 1.165) is 5.39 Å². The number of fused-ring (bicyclic) bond motifs is 2. The minimum absolute atomic E-state index is 0.206. The fourth-order valence-corrected chi connectivity index (χ4v) is 2.92. The van der Waals surface area contributed by atoms with Gasteiger partial charge in [0.25, 0.3) is 11.5 Å². The number of carbonyl (C=O) groups excluding carboxylic acids is 1. The number of H-pyrrole nitrogens is 1. The number of anilines is 1. The van der Waals surface area contributed by atoms with Gasteiger partial charge in [0.1, 0.15) is 5.58 Å². The van der Waals surface area contributed by atoms with Gasteiger partial charge in [0.2, 0.25) is 0 Å². The van der Waals surface area contributed by atoms with E-state index in [1.165, 1.54) is 6.33 Å². The highest BCUT2D eigenvalue weighted by Crippen LogP contribution is 2.28. The summed E-state index contributed by atoms with van der Waals surface area (Å²) in [6.07, 6.45) is 1.34. The van der Waals surface area contributed by atoms with Gasteiger partial charge >= 0.3 is 0 Å². The molecule has 7 heteroatoms. The Labute approximate surface area is 146 Å². The third-order valence-corrected chi connectivity index (χ3v) is 4.24.